The average Bonchev–Trinajstić information content (AvgIpc) is 3.47. The van der Waals surface area contributed by atoms with E-state index in [1.54, 1.807) is 36.0 Å². The Bertz CT molecular complexity index is 1310. The predicted octanol–water partition coefficient (Wildman–Crippen LogP) is 5.89. The largest absolute Gasteiger partial charge is 0.322 e. The van der Waals surface area contributed by atoms with E-state index in [4.69, 9.17) is 11.6 Å². The second kappa shape index (κ2) is 9.97. The van der Waals surface area contributed by atoms with Crippen LogP contribution in [0.4, 0.5) is 5.13 Å². The van der Waals surface area contributed by atoms with Crippen molar-refractivity contribution in [1.29, 1.82) is 0 Å². The van der Waals surface area contributed by atoms with Crippen LogP contribution in [0, 0.1) is 0 Å². The molecule has 0 aliphatic carbocycles. The zero-order valence-electron chi connectivity index (χ0n) is 17.8. The summed E-state index contributed by atoms with van der Waals surface area (Å²) in [5, 5.41) is 12.7. The number of halogens is 1. The monoisotopic (exact) mass is 506 g/mol. The first-order valence-corrected chi connectivity index (χ1v) is 12.8. The van der Waals surface area contributed by atoms with Crippen molar-refractivity contribution in [2.75, 3.05) is 11.1 Å². The molecule has 1 saturated heterocycles. The van der Waals surface area contributed by atoms with Crippen LogP contribution in [-0.4, -0.2) is 32.7 Å². The second-order valence-electron chi connectivity index (χ2n) is 7.67. The molecule has 5 rings (SSSR count). The fourth-order valence-corrected chi connectivity index (χ4v) is 5.69. The summed E-state index contributed by atoms with van der Waals surface area (Å²) in [6, 6.07) is 24.6. The van der Waals surface area contributed by atoms with Gasteiger partial charge < -0.3 is 4.90 Å². The van der Waals surface area contributed by atoms with E-state index in [1.165, 1.54) is 11.3 Å². The van der Waals surface area contributed by atoms with Gasteiger partial charge in [0.05, 0.1) is 5.75 Å². The summed E-state index contributed by atoms with van der Waals surface area (Å²) < 4.78 is 0. The number of nitrogens with one attached hydrogen (secondary N) is 1. The maximum Gasteiger partial charge on any atom is 0.257 e. The lowest BCUT2D eigenvalue weighted by atomic mass is 10.1. The van der Waals surface area contributed by atoms with Crippen molar-refractivity contribution in [3.63, 3.8) is 0 Å². The fraction of sp³-hybridized carbons (Fsp3) is 0.120. The summed E-state index contributed by atoms with van der Waals surface area (Å²) in [6.07, 6.45) is 0. The Kier molecular flexibility index (Phi) is 6.62. The van der Waals surface area contributed by atoms with E-state index in [0.29, 0.717) is 33.0 Å². The molecule has 0 bridgehead atoms. The van der Waals surface area contributed by atoms with E-state index in [0.717, 1.165) is 16.7 Å². The molecule has 2 heterocycles. The number of amides is 2. The van der Waals surface area contributed by atoms with Crippen LogP contribution < -0.4 is 5.32 Å². The Morgan fingerprint density at radius 2 is 1.74 bits per heavy atom. The van der Waals surface area contributed by atoms with E-state index < -0.39 is 0 Å². The van der Waals surface area contributed by atoms with Crippen LogP contribution in [0.2, 0.25) is 5.02 Å². The van der Waals surface area contributed by atoms with Gasteiger partial charge in [0.25, 0.3) is 5.91 Å². The number of nitrogens with zero attached hydrogens (tertiary/aromatic N) is 3. The highest BCUT2D eigenvalue weighted by atomic mass is 35.5. The van der Waals surface area contributed by atoms with Gasteiger partial charge in [0.1, 0.15) is 10.4 Å². The molecule has 1 atom stereocenters. The number of hydrogen-bond acceptors (Lipinski definition) is 6. The summed E-state index contributed by atoms with van der Waals surface area (Å²) in [4.78, 5) is 27.1. The maximum absolute atomic E-state index is 12.7. The minimum absolute atomic E-state index is 0.0742. The molecule has 3 aromatic carbocycles. The molecular weight excluding hydrogens is 488 g/mol. The maximum atomic E-state index is 12.7. The summed E-state index contributed by atoms with van der Waals surface area (Å²) in [5.41, 5.74) is 3.48. The zero-order valence-corrected chi connectivity index (χ0v) is 20.2. The molecular formula is C25H19ClN4O2S2. The second-order valence-corrected chi connectivity index (χ2v) is 10.1. The van der Waals surface area contributed by atoms with Crippen molar-refractivity contribution in [2.24, 2.45) is 0 Å². The van der Waals surface area contributed by atoms with Crippen molar-refractivity contribution < 1.29 is 9.59 Å². The number of hydrogen-bond donors (Lipinski definition) is 1. The number of rotatable bonds is 6. The summed E-state index contributed by atoms with van der Waals surface area (Å²) >= 11 is 8.83. The van der Waals surface area contributed by atoms with Crippen LogP contribution >= 0.6 is 34.7 Å². The number of carbonyl (C=O) groups is 2. The van der Waals surface area contributed by atoms with Crippen molar-refractivity contribution in [3.8, 4) is 10.6 Å². The third-order valence-corrected chi connectivity index (χ3v) is 7.75. The minimum atomic E-state index is -0.262. The lowest BCUT2D eigenvalue weighted by Crippen LogP contribution is -2.27. The highest BCUT2D eigenvalue weighted by Crippen LogP contribution is 2.39. The molecule has 0 radical (unpaired) electrons. The van der Waals surface area contributed by atoms with E-state index in [1.807, 2.05) is 59.5 Å². The quantitative estimate of drug-likeness (QED) is 0.353. The summed E-state index contributed by atoms with van der Waals surface area (Å²) in [6.45, 7) is 0.562. The molecule has 1 aliphatic heterocycles. The lowest BCUT2D eigenvalue weighted by molar-refractivity contribution is -0.128. The Hall–Kier alpha value is -3.20. The zero-order chi connectivity index (χ0) is 23.5. The Morgan fingerprint density at radius 3 is 2.47 bits per heavy atom. The number of carbonyl (C=O) groups excluding carboxylic acids is 2. The minimum Gasteiger partial charge on any atom is -0.322 e. The molecule has 1 aliphatic rings. The first kappa shape index (κ1) is 22.6. The van der Waals surface area contributed by atoms with Gasteiger partial charge >= 0.3 is 0 Å². The van der Waals surface area contributed by atoms with Crippen LogP contribution in [0.15, 0.2) is 78.9 Å². The van der Waals surface area contributed by atoms with Gasteiger partial charge in [0.15, 0.2) is 0 Å². The molecule has 6 nitrogen and oxygen atoms in total. The fourth-order valence-electron chi connectivity index (χ4n) is 3.63. The van der Waals surface area contributed by atoms with Crippen molar-refractivity contribution in [1.82, 2.24) is 15.1 Å². The molecule has 0 unspecified atom stereocenters. The SMILES string of the molecule is O=C(Nc1nnc(-c2ccc(Cl)cc2)s1)c1ccc([C@H]2SCC(=O)N2Cc2ccccc2)cc1. The third-order valence-electron chi connectivity index (χ3n) is 5.36. The number of anilines is 1. The van der Waals surface area contributed by atoms with E-state index in [-0.39, 0.29) is 17.2 Å². The normalized spacial score (nSPS) is 15.5. The molecule has 1 fully saturated rings. The van der Waals surface area contributed by atoms with Gasteiger partial charge in [-0.05, 0) is 35.4 Å². The highest BCUT2D eigenvalue weighted by molar-refractivity contribution is 8.00. The van der Waals surface area contributed by atoms with Crippen molar-refractivity contribution >= 4 is 51.6 Å². The van der Waals surface area contributed by atoms with Crippen LogP contribution in [0.3, 0.4) is 0 Å². The van der Waals surface area contributed by atoms with E-state index in [9.17, 15) is 9.59 Å². The number of aromatic nitrogens is 2. The molecule has 1 aromatic heterocycles. The molecule has 34 heavy (non-hydrogen) atoms. The van der Waals surface area contributed by atoms with Crippen LogP contribution in [0.25, 0.3) is 10.6 Å². The van der Waals surface area contributed by atoms with E-state index >= 15 is 0 Å². The molecule has 170 valence electrons. The topological polar surface area (TPSA) is 75.2 Å². The third kappa shape index (κ3) is 4.99. The number of thioether (sulfide) groups is 1. The van der Waals surface area contributed by atoms with Gasteiger partial charge in [-0.25, -0.2) is 0 Å². The Morgan fingerprint density at radius 1 is 1.00 bits per heavy atom. The van der Waals surface area contributed by atoms with Gasteiger partial charge in [-0.15, -0.1) is 22.0 Å². The molecule has 1 N–H and O–H groups in total. The Balaban J connectivity index is 1.26. The van der Waals surface area contributed by atoms with Crippen LogP contribution in [-0.2, 0) is 11.3 Å². The smallest absolute Gasteiger partial charge is 0.257 e. The average molecular weight is 507 g/mol. The predicted molar refractivity (Wildman–Crippen MR) is 137 cm³/mol. The van der Waals surface area contributed by atoms with E-state index in [2.05, 4.69) is 15.5 Å². The first-order chi connectivity index (χ1) is 16.6. The van der Waals surface area contributed by atoms with Gasteiger partial charge in [-0.1, -0.05) is 77.5 Å². The molecule has 0 saturated carbocycles. The molecule has 4 aromatic rings. The summed E-state index contributed by atoms with van der Waals surface area (Å²) in [7, 11) is 0. The summed E-state index contributed by atoms with van der Waals surface area (Å²) in [5.74, 6) is 0.308. The lowest BCUT2D eigenvalue weighted by Gasteiger charge is -2.24. The number of benzene rings is 3. The van der Waals surface area contributed by atoms with Gasteiger partial charge in [0, 0.05) is 22.7 Å². The van der Waals surface area contributed by atoms with Gasteiger partial charge in [-0.3, -0.25) is 14.9 Å². The molecule has 2 amide bonds. The molecule has 0 spiro atoms. The van der Waals surface area contributed by atoms with Crippen LogP contribution in [0.1, 0.15) is 26.9 Å². The van der Waals surface area contributed by atoms with Crippen molar-refractivity contribution in [2.45, 2.75) is 11.9 Å². The standard InChI is InChI=1S/C25H19ClN4O2S2/c26-20-12-10-18(11-13-20)23-28-29-25(34-23)27-22(32)17-6-8-19(9-7-17)24-30(21(31)15-33-24)14-16-4-2-1-3-5-16/h1-13,24H,14-15H2,(H,27,29,32)/t24-/m1/s1. The molecule has 9 heteroatoms. The van der Waals surface area contributed by atoms with Gasteiger partial charge in [-0.2, -0.15) is 0 Å². The highest BCUT2D eigenvalue weighted by Gasteiger charge is 2.32. The Labute approximate surface area is 210 Å². The van der Waals surface area contributed by atoms with Gasteiger partial charge in [0.2, 0.25) is 11.0 Å². The van der Waals surface area contributed by atoms with Crippen molar-refractivity contribution in [3.05, 3.63) is 101 Å². The van der Waals surface area contributed by atoms with Crippen LogP contribution in [0.5, 0.6) is 0 Å². The first-order valence-electron chi connectivity index (χ1n) is 10.5.